The number of hydrogen-bond acceptors (Lipinski definition) is 3. The van der Waals surface area contributed by atoms with Gasteiger partial charge in [-0.1, -0.05) is 36.7 Å². The molecule has 0 saturated heterocycles. The molecule has 3 nitrogen and oxygen atoms in total. The summed E-state index contributed by atoms with van der Waals surface area (Å²) in [6.07, 6.45) is 1.13. The fourth-order valence-corrected chi connectivity index (χ4v) is 3.01. The number of nitrogens with two attached hydrogens (primary N) is 1. The third kappa shape index (κ3) is 2.59. The zero-order chi connectivity index (χ0) is 14.1. The number of para-hydroxylation sites is 1. The molecule has 104 valence electrons. The summed E-state index contributed by atoms with van der Waals surface area (Å²) in [6.45, 7) is 3.99. The van der Waals surface area contributed by atoms with Gasteiger partial charge in [0.1, 0.15) is 5.82 Å². The Morgan fingerprint density at radius 3 is 2.95 bits per heavy atom. The molecule has 2 aromatic rings. The maximum Gasteiger partial charge on any atom is 0.123 e. The third-order valence-corrected chi connectivity index (χ3v) is 4.06. The Morgan fingerprint density at radius 1 is 1.30 bits per heavy atom. The summed E-state index contributed by atoms with van der Waals surface area (Å²) < 4.78 is 0. The Morgan fingerprint density at radius 2 is 2.10 bits per heavy atom. The molecular formula is C16H18ClN3. The molecular weight excluding hydrogens is 270 g/mol. The van der Waals surface area contributed by atoms with Crippen molar-refractivity contribution in [2.75, 3.05) is 17.2 Å². The molecule has 3 rings (SSSR count). The summed E-state index contributed by atoms with van der Waals surface area (Å²) in [6, 6.07) is 12.1. The first-order valence-electron chi connectivity index (χ1n) is 6.87. The number of anilines is 2. The molecule has 0 radical (unpaired) electrons. The summed E-state index contributed by atoms with van der Waals surface area (Å²) in [7, 11) is 0. The Kier molecular flexibility index (Phi) is 3.53. The van der Waals surface area contributed by atoms with Crippen molar-refractivity contribution in [2.24, 2.45) is 5.92 Å². The van der Waals surface area contributed by atoms with E-state index in [1.54, 1.807) is 6.07 Å². The van der Waals surface area contributed by atoms with Crippen molar-refractivity contribution in [1.82, 2.24) is 4.98 Å². The van der Waals surface area contributed by atoms with Gasteiger partial charge in [-0.05, 0) is 36.1 Å². The molecule has 1 aromatic carbocycles. The van der Waals surface area contributed by atoms with Gasteiger partial charge in [-0.25, -0.2) is 4.98 Å². The minimum absolute atomic E-state index is 0.516. The summed E-state index contributed by atoms with van der Waals surface area (Å²) >= 11 is 6.23. The van der Waals surface area contributed by atoms with Gasteiger partial charge in [-0.2, -0.15) is 0 Å². The number of fused-ring (bicyclic) bond motifs is 1. The van der Waals surface area contributed by atoms with Crippen LogP contribution in [0.3, 0.4) is 0 Å². The van der Waals surface area contributed by atoms with E-state index in [4.69, 9.17) is 17.3 Å². The predicted octanol–water partition coefficient (Wildman–Crippen LogP) is 3.52. The first-order chi connectivity index (χ1) is 9.63. The van der Waals surface area contributed by atoms with Crippen molar-refractivity contribution in [2.45, 2.75) is 19.9 Å². The minimum atomic E-state index is 0.516. The van der Waals surface area contributed by atoms with E-state index in [9.17, 15) is 0 Å². The van der Waals surface area contributed by atoms with Crippen molar-refractivity contribution in [3.63, 3.8) is 0 Å². The number of rotatable bonds is 2. The highest BCUT2D eigenvalue weighted by Crippen LogP contribution is 2.31. The lowest BCUT2D eigenvalue weighted by molar-refractivity contribution is 0.528. The first kappa shape index (κ1) is 13.3. The molecule has 1 aromatic heterocycles. The number of halogens is 1. The quantitative estimate of drug-likeness (QED) is 0.919. The molecule has 20 heavy (non-hydrogen) atoms. The number of nitrogens with zero attached hydrogens (tertiary/aromatic N) is 2. The Bertz CT molecular complexity index is 627. The molecule has 4 heteroatoms. The highest BCUT2D eigenvalue weighted by Gasteiger charge is 2.22. The van der Waals surface area contributed by atoms with E-state index in [1.165, 1.54) is 11.3 Å². The van der Waals surface area contributed by atoms with Crippen LogP contribution in [0.1, 0.15) is 18.2 Å². The molecule has 1 unspecified atom stereocenters. The van der Waals surface area contributed by atoms with Gasteiger partial charge in [-0.15, -0.1) is 0 Å². The van der Waals surface area contributed by atoms with Crippen molar-refractivity contribution < 1.29 is 0 Å². The summed E-state index contributed by atoms with van der Waals surface area (Å²) in [5.41, 5.74) is 9.29. The van der Waals surface area contributed by atoms with Crippen LogP contribution in [0, 0.1) is 5.92 Å². The predicted molar refractivity (Wildman–Crippen MR) is 84.0 cm³/mol. The molecule has 0 spiro atoms. The lowest BCUT2D eigenvalue weighted by atomic mass is 9.94. The van der Waals surface area contributed by atoms with Crippen molar-refractivity contribution >= 4 is 23.1 Å². The van der Waals surface area contributed by atoms with Crippen molar-refractivity contribution in [3.05, 3.63) is 52.7 Å². The normalized spacial score (nSPS) is 17.9. The largest absolute Gasteiger partial charge is 0.384 e. The van der Waals surface area contributed by atoms with Gasteiger partial charge in [0, 0.05) is 12.2 Å². The van der Waals surface area contributed by atoms with Gasteiger partial charge >= 0.3 is 0 Å². The maximum atomic E-state index is 6.23. The topological polar surface area (TPSA) is 42.2 Å². The number of pyridine rings is 1. The molecule has 0 amide bonds. The number of hydrogen-bond donors (Lipinski definition) is 1. The van der Waals surface area contributed by atoms with Gasteiger partial charge in [0.2, 0.25) is 0 Å². The Balaban J connectivity index is 1.93. The highest BCUT2D eigenvalue weighted by molar-refractivity contribution is 6.31. The van der Waals surface area contributed by atoms with Gasteiger partial charge in [0.25, 0.3) is 0 Å². The molecule has 0 saturated carbocycles. The van der Waals surface area contributed by atoms with Crippen LogP contribution >= 0.6 is 11.6 Å². The van der Waals surface area contributed by atoms with Crippen LogP contribution in [0.5, 0.6) is 0 Å². The number of nitrogen functional groups attached to an aromatic ring is 1. The maximum absolute atomic E-state index is 6.23. The standard InChI is InChI=1S/C16H18ClN3/c1-11-8-12-4-2-3-5-15(12)20(9-11)10-14-13(17)6-7-16(18)19-14/h2-7,11H,8-10H2,1H3,(H2,18,19). The van der Waals surface area contributed by atoms with Crippen LogP contribution in [-0.2, 0) is 13.0 Å². The van der Waals surface area contributed by atoms with Crippen LogP contribution in [0.2, 0.25) is 5.02 Å². The van der Waals surface area contributed by atoms with Crippen LogP contribution < -0.4 is 10.6 Å². The average Bonchev–Trinajstić information content (AvgIpc) is 2.43. The van der Waals surface area contributed by atoms with E-state index in [-0.39, 0.29) is 0 Å². The third-order valence-electron chi connectivity index (χ3n) is 3.71. The lowest BCUT2D eigenvalue weighted by Crippen LogP contribution is -2.34. The summed E-state index contributed by atoms with van der Waals surface area (Å²) in [4.78, 5) is 6.71. The highest BCUT2D eigenvalue weighted by atomic mass is 35.5. The fourth-order valence-electron chi connectivity index (χ4n) is 2.85. The smallest absolute Gasteiger partial charge is 0.123 e. The molecule has 0 aliphatic carbocycles. The minimum Gasteiger partial charge on any atom is -0.384 e. The second-order valence-corrected chi connectivity index (χ2v) is 5.89. The number of aromatic nitrogens is 1. The molecule has 2 N–H and O–H groups in total. The van der Waals surface area contributed by atoms with Crippen LogP contribution in [0.25, 0.3) is 0 Å². The van der Waals surface area contributed by atoms with Crippen LogP contribution in [0.15, 0.2) is 36.4 Å². The van der Waals surface area contributed by atoms with E-state index in [1.807, 2.05) is 6.07 Å². The Hall–Kier alpha value is -1.74. The fraction of sp³-hybridized carbons (Fsp3) is 0.312. The summed E-state index contributed by atoms with van der Waals surface area (Å²) in [5.74, 6) is 1.15. The van der Waals surface area contributed by atoms with Gasteiger partial charge in [0.05, 0.1) is 17.3 Å². The summed E-state index contributed by atoms with van der Waals surface area (Å²) in [5, 5.41) is 0.676. The zero-order valence-electron chi connectivity index (χ0n) is 11.5. The molecule has 1 aliphatic rings. The van der Waals surface area contributed by atoms with Crippen LogP contribution in [-0.4, -0.2) is 11.5 Å². The van der Waals surface area contributed by atoms with Crippen molar-refractivity contribution in [1.29, 1.82) is 0 Å². The van der Waals surface area contributed by atoms with E-state index < -0.39 is 0 Å². The molecule has 0 bridgehead atoms. The molecule has 0 fully saturated rings. The molecule has 2 heterocycles. The second kappa shape index (κ2) is 5.33. The van der Waals surface area contributed by atoms with Crippen molar-refractivity contribution in [3.8, 4) is 0 Å². The zero-order valence-corrected chi connectivity index (χ0v) is 12.3. The van der Waals surface area contributed by atoms with E-state index >= 15 is 0 Å². The second-order valence-electron chi connectivity index (χ2n) is 5.48. The number of benzene rings is 1. The average molecular weight is 288 g/mol. The first-order valence-corrected chi connectivity index (χ1v) is 7.25. The SMILES string of the molecule is CC1Cc2ccccc2N(Cc2nc(N)ccc2Cl)C1. The van der Waals surface area contributed by atoms with E-state index in [2.05, 4.69) is 41.1 Å². The monoisotopic (exact) mass is 287 g/mol. The lowest BCUT2D eigenvalue weighted by Gasteiger charge is -2.34. The molecule has 1 atom stereocenters. The van der Waals surface area contributed by atoms with E-state index in [0.29, 0.717) is 23.3 Å². The van der Waals surface area contributed by atoms with Gasteiger partial charge in [0.15, 0.2) is 0 Å². The Labute approximate surface area is 124 Å². The van der Waals surface area contributed by atoms with Crippen LogP contribution in [0.4, 0.5) is 11.5 Å². The van der Waals surface area contributed by atoms with Gasteiger partial charge < -0.3 is 10.6 Å². The van der Waals surface area contributed by atoms with E-state index in [0.717, 1.165) is 18.7 Å². The molecule has 1 aliphatic heterocycles. The van der Waals surface area contributed by atoms with Gasteiger partial charge in [-0.3, -0.25) is 0 Å².